The Morgan fingerprint density at radius 2 is 1.88 bits per heavy atom. The number of rotatable bonds is 6. The summed E-state index contributed by atoms with van der Waals surface area (Å²) in [5, 5.41) is 11.8. The van der Waals surface area contributed by atoms with Gasteiger partial charge in [-0.2, -0.15) is 0 Å². The highest BCUT2D eigenvalue weighted by Gasteiger charge is 2.31. The number of aliphatic hydroxyl groups is 1. The Kier molecular flexibility index (Phi) is 6.65. The van der Waals surface area contributed by atoms with Crippen LogP contribution in [0.2, 0.25) is 5.02 Å². The first-order valence-corrected chi connectivity index (χ1v) is 12.1. The zero-order chi connectivity index (χ0) is 22.9. The number of thiazole rings is 1. The van der Waals surface area contributed by atoms with Crippen molar-refractivity contribution >= 4 is 34.5 Å². The highest BCUT2D eigenvalue weighted by atomic mass is 35.5. The highest BCUT2D eigenvalue weighted by Crippen LogP contribution is 2.31. The molecule has 1 saturated heterocycles. The van der Waals surface area contributed by atoms with Crippen molar-refractivity contribution in [3.63, 3.8) is 0 Å². The first-order valence-electron chi connectivity index (χ1n) is 10.9. The molecule has 0 saturated carbocycles. The van der Waals surface area contributed by atoms with Crippen LogP contribution in [0, 0.1) is 12.8 Å². The quantitative estimate of drug-likeness (QED) is 0.477. The number of hydrogen-bond donors (Lipinski definition) is 1. The normalized spacial score (nSPS) is 15.2. The van der Waals surface area contributed by atoms with Crippen molar-refractivity contribution in [2.45, 2.75) is 45.6 Å². The summed E-state index contributed by atoms with van der Waals surface area (Å²) in [6, 6.07) is 9.52. The fourth-order valence-corrected chi connectivity index (χ4v) is 5.24. The summed E-state index contributed by atoms with van der Waals surface area (Å²) in [7, 11) is 0. The Morgan fingerprint density at radius 3 is 2.50 bits per heavy atom. The van der Waals surface area contributed by atoms with Gasteiger partial charge in [-0.15, -0.1) is 11.3 Å². The Hall–Kier alpha value is -2.28. The molecule has 0 spiro atoms. The molecule has 0 aliphatic carbocycles. The van der Waals surface area contributed by atoms with Crippen LogP contribution in [0.5, 0.6) is 0 Å². The van der Waals surface area contributed by atoms with Gasteiger partial charge in [-0.05, 0) is 62.8 Å². The van der Waals surface area contributed by atoms with Crippen molar-refractivity contribution in [1.29, 1.82) is 0 Å². The van der Waals surface area contributed by atoms with Crippen molar-refractivity contribution in [3.8, 4) is 10.6 Å². The average molecular weight is 470 g/mol. The number of aryl methyl sites for hydroxylation is 1. The smallest absolute Gasteiger partial charge is 0.178 e. The van der Waals surface area contributed by atoms with Crippen LogP contribution in [-0.4, -0.2) is 39.5 Å². The largest absolute Gasteiger partial charge is 0.390 e. The van der Waals surface area contributed by atoms with E-state index in [1.807, 2.05) is 51.2 Å². The zero-order valence-electron chi connectivity index (χ0n) is 18.6. The molecule has 1 aromatic carbocycles. The van der Waals surface area contributed by atoms with E-state index in [0.29, 0.717) is 22.2 Å². The fraction of sp³-hybridized carbons (Fsp3) is 0.400. The van der Waals surface area contributed by atoms with E-state index in [9.17, 15) is 9.90 Å². The third kappa shape index (κ3) is 5.20. The van der Waals surface area contributed by atoms with Crippen molar-refractivity contribution in [3.05, 3.63) is 63.8 Å². The fourth-order valence-electron chi connectivity index (χ4n) is 4.25. The Morgan fingerprint density at radius 1 is 1.19 bits per heavy atom. The van der Waals surface area contributed by atoms with Crippen LogP contribution in [0.25, 0.3) is 10.6 Å². The third-order valence-electron chi connectivity index (χ3n) is 6.14. The maximum atomic E-state index is 12.8. The average Bonchev–Trinajstić information content (AvgIpc) is 3.24. The van der Waals surface area contributed by atoms with Crippen molar-refractivity contribution in [2.75, 3.05) is 18.0 Å². The van der Waals surface area contributed by atoms with Crippen LogP contribution >= 0.6 is 22.9 Å². The van der Waals surface area contributed by atoms with Crippen molar-refractivity contribution in [2.24, 2.45) is 5.92 Å². The summed E-state index contributed by atoms with van der Waals surface area (Å²) in [4.78, 5) is 24.8. The second-order valence-electron chi connectivity index (χ2n) is 9.04. The molecule has 3 heterocycles. The first-order chi connectivity index (χ1) is 15.2. The molecule has 1 N–H and O–H groups in total. The lowest BCUT2D eigenvalue weighted by atomic mass is 9.83. The number of hydrogen-bond acceptors (Lipinski definition) is 6. The number of benzene rings is 1. The minimum absolute atomic E-state index is 0.0441. The molecule has 7 heteroatoms. The van der Waals surface area contributed by atoms with Gasteiger partial charge in [0.05, 0.1) is 10.5 Å². The highest BCUT2D eigenvalue weighted by molar-refractivity contribution is 7.16. The van der Waals surface area contributed by atoms with Crippen LogP contribution in [0.1, 0.15) is 47.5 Å². The lowest BCUT2D eigenvalue weighted by Gasteiger charge is -2.38. The number of carbonyl (C=O) groups is 1. The van der Waals surface area contributed by atoms with Crippen LogP contribution in [-0.2, 0) is 6.42 Å². The van der Waals surface area contributed by atoms with Crippen LogP contribution in [0.4, 0.5) is 5.82 Å². The molecule has 32 heavy (non-hydrogen) atoms. The van der Waals surface area contributed by atoms with E-state index in [2.05, 4.69) is 20.9 Å². The number of carbonyl (C=O) groups excluding carboxylic acids is 1. The number of nitrogens with zero attached hydrogens (tertiary/aromatic N) is 3. The molecule has 168 valence electrons. The lowest BCUT2D eigenvalue weighted by molar-refractivity contribution is 0.00645. The first kappa shape index (κ1) is 22.9. The van der Waals surface area contributed by atoms with Crippen molar-refractivity contribution in [1.82, 2.24) is 9.97 Å². The number of aromatic nitrogens is 2. The number of piperidine rings is 1. The van der Waals surface area contributed by atoms with Crippen LogP contribution in [0.3, 0.4) is 0 Å². The molecule has 4 rings (SSSR count). The minimum atomic E-state index is -0.636. The molecule has 2 aromatic heterocycles. The van der Waals surface area contributed by atoms with Crippen LogP contribution < -0.4 is 4.90 Å². The second-order valence-corrected chi connectivity index (χ2v) is 10.5. The molecule has 5 nitrogen and oxygen atoms in total. The van der Waals surface area contributed by atoms with Gasteiger partial charge < -0.3 is 10.0 Å². The van der Waals surface area contributed by atoms with Gasteiger partial charge in [0.25, 0.3) is 0 Å². The summed E-state index contributed by atoms with van der Waals surface area (Å²) in [5.41, 5.74) is 2.30. The van der Waals surface area contributed by atoms with Gasteiger partial charge in [0.1, 0.15) is 10.8 Å². The molecule has 1 aliphatic rings. The Labute approximate surface area is 198 Å². The van der Waals surface area contributed by atoms with E-state index in [-0.39, 0.29) is 5.78 Å². The molecule has 0 amide bonds. The molecule has 3 aromatic rings. The van der Waals surface area contributed by atoms with Gasteiger partial charge in [0.2, 0.25) is 0 Å². The van der Waals surface area contributed by atoms with E-state index in [4.69, 9.17) is 11.6 Å². The Bertz CT molecular complexity index is 1100. The lowest BCUT2D eigenvalue weighted by Crippen LogP contribution is -2.42. The number of halogens is 1. The molecule has 0 radical (unpaired) electrons. The third-order valence-corrected chi connectivity index (χ3v) is 7.48. The number of Topliss-reactive ketones (excluding diaryl/α,β-unsaturated/α-hetero) is 1. The standard InChI is InChI=1S/C25H28ClN3O2S/c1-16-12-17(14-27-23(16)29-10-8-19(9-11-29)25(2,3)31)13-21(30)22-15-28-24(32-22)18-4-6-20(26)7-5-18/h4-7,12,14-15,19,31H,8-11,13H2,1-3H3. The number of ketones is 1. The molecule has 1 fully saturated rings. The van der Waals surface area contributed by atoms with Gasteiger partial charge in [0, 0.05) is 42.5 Å². The van der Waals surface area contributed by atoms with Gasteiger partial charge in [-0.1, -0.05) is 29.8 Å². The molecule has 0 unspecified atom stereocenters. The predicted molar refractivity (Wildman–Crippen MR) is 131 cm³/mol. The van der Waals surface area contributed by atoms with Gasteiger partial charge >= 0.3 is 0 Å². The van der Waals surface area contributed by atoms with E-state index in [0.717, 1.165) is 53.4 Å². The maximum Gasteiger partial charge on any atom is 0.178 e. The molecular weight excluding hydrogens is 442 g/mol. The van der Waals surface area contributed by atoms with E-state index < -0.39 is 5.60 Å². The molecular formula is C25H28ClN3O2S. The summed E-state index contributed by atoms with van der Waals surface area (Å²) >= 11 is 7.35. The number of pyridine rings is 1. The minimum Gasteiger partial charge on any atom is -0.390 e. The van der Waals surface area contributed by atoms with Gasteiger partial charge in [0.15, 0.2) is 5.78 Å². The zero-order valence-corrected chi connectivity index (χ0v) is 20.2. The summed E-state index contributed by atoms with van der Waals surface area (Å²) in [6.07, 6.45) is 5.66. The van der Waals surface area contributed by atoms with E-state index in [1.165, 1.54) is 11.3 Å². The maximum absolute atomic E-state index is 12.8. The topological polar surface area (TPSA) is 66.3 Å². The van der Waals surface area contributed by atoms with Gasteiger partial charge in [-0.3, -0.25) is 4.79 Å². The molecule has 0 atom stereocenters. The summed E-state index contributed by atoms with van der Waals surface area (Å²) in [5.74, 6) is 1.33. The van der Waals surface area contributed by atoms with E-state index in [1.54, 1.807) is 6.20 Å². The summed E-state index contributed by atoms with van der Waals surface area (Å²) in [6.45, 7) is 7.60. The SMILES string of the molecule is Cc1cc(CC(=O)c2cnc(-c3ccc(Cl)cc3)s2)cnc1N1CCC(C(C)(C)O)CC1. The Balaban J connectivity index is 1.41. The predicted octanol–water partition coefficient (Wildman–Crippen LogP) is 5.58. The van der Waals surface area contributed by atoms with Gasteiger partial charge in [-0.25, -0.2) is 9.97 Å². The summed E-state index contributed by atoms with van der Waals surface area (Å²) < 4.78 is 0. The van der Waals surface area contributed by atoms with Crippen LogP contribution in [0.15, 0.2) is 42.7 Å². The molecule has 0 bridgehead atoms. The second kappa shape index (κ2) is 9.30. The molecule has 1 aliphatic heterocycles. The number of anilines is 1. The van der Waals surface area contributed by atoms with E-state index >= 15 is 0 Å². The monoisotopic (exact) mass is 469 g/mol. The van der Waals surface area contributed by atoms with Crippen molar-refractivity contribution < 1.29 is 9.90 Å².